The summed E-state index contributed by atoms with van der Waals surface area (Å²) in [6.07, 6.45) is 4.72. The Kier molecular flexibility index (Phi) is 8.59. The van der Waals surface area contributed by atoms with Gasteiger partial charge in [-0.25, -0.2) is 0 Å². The van der Waals surface area contributed by atoms with Gasteiger partial charge in [0.2, 0.25) is 0 Å². The number of hydrogen-bond acceptors (Lipinski definition) is 5. The van der Waals surface area contributed by atoms with Gasteiger partial charge in [0.1, 0.15) is 18.5 Å². The van der Waals surface area contributed by atoms with Crippen LogP contribution in [0.15, 0.2) is 24.3 Å². The predicted molar refractivity (Wildman–Crippen MR) is 115 cm³/mol. The van der Waals surface area contributed by atoms with Crippen molar-refractivity contribution in [1.82, 2.24) is 14.7 Å². The molecule has 28 heavy (non-hydrogen) atoms. The molecule has 0 saturated carbocycles. The average Bonchev–Trinajstić information content (AvgIpc) is 2.96. The number of hydrogen-bond donors (Lipinski definition) is 1. The Morgan fingerprint density at radius 2 is 1.64 bits per heavy atom. The first-order chi connectivity index (χ1) is 13.6. The molecule has 0 aliphatic carbocycles. The van der Waals surface area contributed by atoms with E-state index in [2.05, 4.69) is 46.7 Å². The molecule has 1 aromatic carbocycles. The summed E-state index contributed by atoms with van der Waals surface area (Å²) in [7, 11) is 0. The van der Waals surface area contributed by atoms with Crippen LogP contribution in [0.25, 0.3) is 0 Å². The minimum absolute atomic E-state index is 0.368. The Morgan fingerprint density at radius 1 is 0.929 bits per heavy atom. The van der Waals surface area contributed by atoms with Crippen molar-refractivity contribution < 1.29 is 9.84 Å². The Hall–Kier alpha value is -1.14. The quantitative estimate of drug-likeness (QED) is 0.740. The molecule has 0 spiro atoms. The molecule has 2 saturated heterocycles. The van der Waals surface area contributed by atoms with Crippen molar-refractivity contribution in [1.29, 1.82) is 0 Å². The second-order valence-electron chi connectivity index (χ2n) is 8.73. The van der Waals surface area contributed by atoms with E-state index < -0.39 is 6.10 Å². The van der Waals surface area contributed by atoms with Gasteiger partial charge in [-0.2, -0.15) is 0 Å². The largest absolute Gasteiger partial charge is 0.491 e. The van der Waals surface area contributed by atoms with Gasteiger partial charge in [-0.05, 0) is 57.5 Å². The first kappa shape index (κ1) is 21.6. The molecular formula is C23H39N3O2. The lowest BCUT2D eigenvalue weighted by atomic mass is 10.1. The molecule has 158 valence electrons. The SMILES string of the molecule is CC(C)N1CCN(Cc2cccc(OCC(O)CN3CCCCCC3)c2)CC1. The summed E-state index contributed by atoms with van der Waals surface area (Å²) >= 11 is 0. The minimum Gasteiger partial charge on any atom is -0.491 e. The van der Waals surface area contributed by atoms with Crippen LogP contribution in [0.2, 0.25) is 0 Å². The smallest absolute Gasteiger partial charge is 0.119 e. The monoisotopic (exact) mass is 389 g/mol. The maximum absolute atomic E-state index is 10.4. The fourth-order valence-electron chi connectivity index (χ4n) is 4.29. The first-order valence-electron chi connectivity index (χ1n) is 11.2. The van der Waals surface area contributed by atoms with Gasteiger partial charge in [-0.1, -0.05) is 25.0 Å². The highest BCUT2D eigenvalue weighted by atomic mass is 16.5. The lowest BCUT2D eigenvalue weighted by Gasteiger charge is -2.37. The molecule has 0 aromatic heterocycles. The molecule has 1 unspecified atom stereocenters. The summed E-state index contributed by atoms with van der Waals surface area (Å²) < 4.78 is 5.92. The molecule has 2 aliphatic rings. The van der Waals surface area contributed by atoms with E-state index >= 15 is 0 Å². The molecule has 1 aromatic rings. The number of likely N-dealkylation sites (tertiary alicyclic amines) is 1. The van der Waals surface area contributed by atoms with Gasteiger partial charge in [0.15, 0.2) is 0 Å². The van der Waals surface area contributed by atoms with E-state index in [4.69, 9.17) is 4.74 Å². The summed E-state index contributed by atoms with van der Waals surface area (Å²) in [6, 6.07) is 9.01. The van der Waals surface area contributed by atoms with Crippen LogP contribution in [-0.2, 0) is 6.54 Å². The van der Waals surface area contributed by atoms with Crippen molar-refractivity contribution >= 4 is 0 Å². The van der Waals surface area contributed by atoms with Crippen molar-refractivity contribution in [3.8, 4) is 5.75 Å². The van der Waals surface area contributed by atoms with Crippen molar-refractivity contribution in [2.45, 2.75) is 58.2 Å². The van der Waals surface area contributed by atoms with Crippen LogP contribution in [0.1, 0.15) is 45.1 Å². The fraction of sp³-hybridized carbons (Fsp3) is 0.739. The highest BCUT2D eigenvalue weighted by Gasteiger charge is 2.19. The van der Waals surface area contributed by atoms with Crippen LogP contribution in [0.3, 0.4) is 0 Å². The molecule has 2 aliphatic heterocycles. The van der Waals surface area contributed by atoms with Crippen molar-refractivity contribution in [3.05, 3.63) is 29.8 Å². The maximum atomic E-state index is 10.4. The molecule has 5 nitrogen and oxygen atoms in total. The number of aliphatic hydroxyl groups excluding tert-OH is 1. The molecule has 0 bridgehead atoms. The second kappa shape index (κ2) is 11.1. The second-order valence-corrected chi connectivity index (χ2v) is 8.73. The van der Waals surface area contributed by atoms with Gasteiger partial charge >= 0.3 is 0 Å². The van der Waals surface area contributed by atoms with E-state index in [9.17, 15) is 5.11 Å². The first-order valence-corrected chi connectivity index (χ1v) is 11.2. The van der Waals surface area contributed by atoms with E-state index in [-0.39, 0.29) is 0 Å². The van der Waals surface area contributed by atoms with Crippen LogP contribution in [0, 0.1) is 0 Å². The Labute approximate surface area is 171 Å². The molecule has 1 atom stereocenters. The fourth-order valence-corrected chi connectivity index (χ4v) is 4.29. The topological polar surface area (TPSA) is 39.2 Å². The van der Waals surface area contributed by atoms with Crippen LogP contribution in [-0.4, -0.2) is 84.4 Å². The van der Waals surface area contributed by atoms with E-state index in [1.165, 1.54) is 31.2 Å². The van der Waals surface area contributed by atoms with Gasteiger partial charge in [-0.15, -0.1) is 0 Å². The Balaban J connectivity index is 1.42. The third-order valence-corrected chi connectivity index (χ3v) is 6.05. The number of aliphatic hydroxyl groups is 1. The highest BCUT2D eigenvalue weighted by molar-refractivity contribution is 5.28. The summed E-state index contributed by atoms with van der Waals surface area (Å²) in [5.74, 6) is 0.869. The van der Waals surface area contributed by atoms with Gasteiger partial charge in [-0.3, -0.25) is 9.80 Å². The van der Waals surface area contributed by atoms with Gasteiger partial charge < -0.3 is 14.7 Å². The number of β-amino-alcohol motifs (C(OH)–C–C–N with tert-alkyl or cyclic N) is 1. The van der Waals surface area contributed by atoms with Crippen molar-refractivity contribution in [3.63, 3.8) is 0 Å². The molecular weight excluding hydrogens is 350 g/mol. The lowest BCUT2D eigenvalue weighted by molar-refractivity contribution is 0.0692. The average molecular weight is 390 g/mol. The summed E-state index contributed by atoms with van der Waals surface area (Å²) in [6.45, 7) is 13.4. The predicted octanol–water partition coefficient (Wildman–Crippen LogP) is 2.83. The number of rotatable bonds is 8. The number of nitrogens with zero attached hydrogens (tertiary/aromatic N) is 3. The molecule has 0 radical (unpaired) electrons. The summed E-state index contributed by atoms with van der Waals surface area (Å²) in [5.41, 5.74) is 1.29. The van der Waals surface area contributed by atoms with Crippen LogP contribution < -0.4 is 4.74 Å². The normalized spacial score (nSPS) is 21.6. The zero-order chi connectivity index (χ0) is 19.8. The molecule has 1 N–H and O–H groups in total. The third kappa shape index (κ3) is 7.03. The van der Waals surface area contributed by atoms with Gasteiger partial charge in [0.25, 0.3) is 0 Å². The Bertz CT molecular complexity index is 565. The molecule has 3 rings (SSSR count). The van der Waals surface area contributed by atoms with Crippen LogP contribution in [0.5, 0.6) is 5.75 Å². The standard InChI is InChI=1S/C23H39N3O2/c1-20(2)26-14-12-25(13-15-26)17-21-8-7-9-23(16-21)28-19-22(27)18-24-10-5-3-4-6-11-24/h7-9,16,20,22,27H,3-6,10-15,17-19H2,1-2H3. The van der Waals surface area contributed by atoms with Crippen molar-refractivity contribution in [2.75, 3.05) is 52.4 Å². The van der Waals surface area contributed by atoms with E-state index in [0.29, 0.717) is 12.6 Å². The van der Waals surface area contributed by atoms with Gasteiger partial charge in [0.05, 0.1) is 0 Å². The summed E-state index contributed by atoms with van der Waals surface area (Å²) in [5, 5.41) is 10.4. The van der Waals surface area contributed by atoms with Crippen LogP contribution in [0.4, 0.5) is 0 Å². The Morgan fingerprint density at radius 3 is 2.32 bits per heavy atom. The zero-order valence-corrected chi connectivity index (χ0v) is 17.9. The highest BCUT2D eigenvalue weighted by Crippen LogP contribution is 2.17. The van der Waals surface area contributed by atoms with Crippen LogP contribution >= 0.6 is 0 Å². The maximum Gasteiger partial charge on any atom is 0.119 e. The third-order valence-electron chi connectivity index (χ3n) is 6.05. The molecule has 2 fully saturated rings. The van der Waals surface area contributed by atoms with Gasteiger partial charge in [0, 0.05) is 45.3 Å². The molecule has 0 amide bonds. The van der Waals surface area contributed by atoms with E-state index in [1.807, 2.05) is 6.07 Å². The number of benzene rings is 1. The number of piperazine rings is 1. The van der Waals surface area contributed by atoms with E-state index in [0.717, 1.165) is 58.1 Å². The minimum atomic E-state index is -0.425. The molecule has 5 heteroatoms. The lowest BCUT2D eigenvalue weighted by Crippen LogP contribution is -2.48. The number of ether oxygens (including phenoxy) is 1. The van der Waals surface area contributed by atoms with E-state index in [1.54, 1.807) is 0 Å². The zero-order valence-electron chi connectivity index (χ0n) is 17.9. The molecule has 2 heterocycles. The summed E-state index contributed by atoms with van der Waals surface area (Å²) in [4.78, 5) is 7.45. The van der Waals surface area contributed by atoms with Crippen molar-refractivity contribution in [2.24, 2.45) is 0 Å².